The van der Waals surface area contributed by atoms with Crippen LogP contribution in [0.3, 0.4) is 0 Å². The largest absolute Gasteiger partial charge is 0.350 e. The first kappa shape index (κ1) is 18.1. The summed E-state index contributed by atoms with van der Waals surface area (Å²) in [5, 5.41) is 3.85. The molecule has 0 radical (unpaired) electrons. The van der Waals surface area contributed by atoms with Gasteiger partial charge in [0.15, 0.2) is 0 Å². The minimum Gasteiger partial charge on any atom is -0.350 e. The lowest BCUT2D eigenvalue weighted by atomic mass is 10.2. The highest BCUT2D eigenvalue weighted by molar-refractivity contribution is 7.19. The second-order valence-corrected chi connectivity index (χ2v) is 7.02. The van der Waals surface area contributed by atoms with Gasteiger partial charge < -0.3 is 4.57 Å². The van der Waals surface area contributed by atoms with Crippen LogP contribution in [0, 0.1) is 5.82 Å². The van der Waals surface area contributed by atoms with E-state index in [9.17, 15) is 9.18 Å². The van der Waals surface area contributed by atoms with Gasteiger partial charge in [-0.2, -0.15) is 5.10 Å². The summed E-state index contributed by atoms with van der Waals surface area (Å²) < 4.78 is 18.1. The van der Waals surface area contributed by atoms with Crippen molar-refractivity contribution >= 4 is 21.6 Å². The summed E-state index contributed by atoms with van der Waals surface area (Å²) in [4.78, 5) is 12.8. The van der Waals surface area contributed by atoms with Crippen LogP contribution in [-0.2, 0) is 20.0 Å². The molecule has 0 N–H and O–H groups in total. The van der Waals surface area contributed by atoms with Crippen molar-refractivity contribution in [3.63, 3.8) is 0 Å². The van der Waals surface area contributed by atoms with Crippen LogP contribution < -0.4 is 5.56 Å². The van der Waals surface area contributed by atoms with Gasteiger partial charge in [-0.05, 0) is 30.7 Å². The van der Waals surface area contributed by atoms with Crippen LogP contribution in [0.5, 0.6) is 0 Å². The molecule has 0 aliphatic carbocycles. The predicted molar refractivity (Wildman–Crippen MR) is 104 cm³/mol. The molecule has 4 aromatic rings. The molecule has 0 aliphatic rings. The van der Waals surface area contributed by atoms with Gasteiger partial charge in [0, 0.05) is 35.9 Å². The number of aromatic nitrogens is 3. The Labute approximate surface area is 155 Å². The monoisotopic (exact) mass is 369 g/mol. The maximum absolute atomic E-state index is 13.3. The summed E-state index contributed by atoms with van der Waals surface area (Å²) in [6.07, 6.45) is 4.77. The zero-order chi connectivity index (χ0) is 18.5. The molecule has 4 rings (SSSR count). The van der Waals surface area contributed by atoms with Gasteiger partial charge in [0.1, 0.15) is 5.82 Å². The van der Waals surface area contributed by atoms with Crippen LogP contribution in [0.25, 0.3) is 10.2 Å². The van der Waals surface area contributed by atoms with E-state index >= 15 is 0 Å². The van der Waals surface area contributed by atoms with Gasteiger partial charge in [0.05, 0.1) is 16.8 Å². The smallest absolute Gasteiger partial charge is 0.267 e. The normalized spacial score (nSPS) is 10.6. The maximum atomic E-state index is 13.3. The average molecular weight is 369 g/mol. The minimum absolute atomic E-state index is 0.159. The van der Waals surface area contributed by atoms with Gasteiger partial charge >= 0.3 is 0 Å². The number of aryl methyl sites for hydroxylation is 2. The van der Waals surface area contributed by atoms with E-state index < -0.39 is 0 Å². The molecule has 0 amide bonds. The van der Waals surface area contributed by atoms with Crippen LogP contribution in [-0.4, -0.2) is 14.3 Å². The first-order valence-corrected chi connectivity index (χ1v) is 9.19. The molecular formula is C20H20FN3OS. The van der Waals surface area contributed by atoms with E-state index in [0.717, 1.165) is 6.42 Å². The van der Waals surface area contributed by atoms with Crippen LogP contribution >= 0.6 is 11.3 Å². The zero-order valence-corrected chi connectivity index (χ0v) is 15.5. The number of hydrogen-bond donors (Lipinski definition) is 0. The fraction of sp³-hybridized carbons (Fsp3) is 0.200. The van der Waals surface area contributed by atoms with Crippen molar-refractivity contribution in [3.8, 4) is 0 Å². The Morgan fingerprint density at radius 2 is 1.96 bits per heavy atom. The molecule has 4 nitrogen and oxygen atoms in total. The lowest BCUT2D eigenvalue weighted by Gasteiger charge is -2.04. The van der Waals surface area contributed by atoms with Gasteiger partial charge in [0.2, 0.25) is 0 Å². The molecule has 0 aliphatic heterocycles. The van der Waals surface area contributed by atoms with Crippen LogP contribution in [0.2, 0.25) is 0 Å². The third-order valence-electron chi connectivity index (χ3n) is 4.03. The van der Waals surface area contributed by atoms with Gasteiger partial charge in [-0.3, -0.25) is 4.79 Å². The summed E-state index contributed by atoms with van der Waals surface area (Å²) in [6, 6.07) is 13.7. The molecule has 0 spiro atoms. The van der Waals surface area contributed by atoms with Gasteiger partial charge in [-0.15, -0.1) is 11.3 Å². The number of rotatable bonds is 3. The van der Waals surface area contributed by atoms with E-state index in [1.807, 2.05) is 11.3 Å². The Balaban J connectivity index is 0.000000158. The van der Waals surface area contributed by atoms with Crippen molar-refractivity contribution in [2.75, 3.05) is 0 Å². The maximum Gasteiger partial charge on any atom is 0.267 e. The molecule has 0 bridgehead atoms. The number of hydrogen-bond acceptors (Lipinski definition) is 3. The molecule has 0 unspecified atom stereocenters. The first-order valence-electron chi connectivity index (χ1n) is 8.37. The molecule has 0 fully saturated rings. The summed E-state index contributed by atoms with van der Waals surface area (Å²) in [6.45, 7) is 2.36. The summed E-state index contributed by atoms with van der Waals surface area (Å²) >= 11 is 1.90. The summed E-state index contributed by atoms with van der Waals surface area (Å²) in [5.41, 5.74) is 1.59. The molecule has 3 aromatic heterocycles. The second-order valence-electron chi connectivity index (χ2n) is 5.85. The highest BCUT2D eigenvalue weighted by atomic mass is 32.1. The van der Waals surface area contributed by atoms with Gasteiger partial charge in [-0.25, -0.2) is 9.07 Å². The van der Waals surface area contributed by atoms with E-state index in [4.69, 9.17) is 0 Å². The first-order chi connectivity index (χ1) is 12.6. The predicted octanol–water partition coefficient (Wildman–Crippen LogP) is 4.23. The number of nitrogens with zero attached hydrogens (tertiary/aromatic N) is 3. The Bertz CT molecular complexity index is 1060. The minimum atomic E-state index is -0.324. The van der Waals surface area contributed by atoms with Crippen molar-refractivity contribution in [2.45, 2.75) is 19.9 Å². The van der Waals surface area contributed by atoms with E-state index in [1.165, 1.54) is 38.1 Å². The van der Waals surface area contributed by atoms with E-state index in [0.29, 0.717) is 5.56 Å². The Hall–Kier alpha value is -2.73. The van der Waals surface area contributed by atoms with E-state index in [2.05, 4.69) is 42.0 Å². The lowest BCUT2D eigenvalue weighted by molar-refractivity contribution is 0.572. The van der Waals surface area contributed by atoms with Crippen LogP contribution in [0.4, 0.5) is 4.39 Å². The Morgan fingerprint density at radius 3 is 2.65 bits per heavy atom. The van der Waals surface area contributed by atoms with Crippen molar-refractivity contribution < 1.29 is 4.39 Å². The average Bonchev–Trinajstić information content (AvgIpc) is 3.21. The zero-order valence-electron chi connectivity index (χ0n) is 14.7. The molecule has 0 saturated heterocycles. The standard InChI is InChI=1S/C11H9FN2O.C9H11NS/c12-10-5-2-1-4-9(10)8-14-11(15)6-3-7-13-14;1-3-7-6-8-9(11-7)4-5-10(8)2/h1-7H,8H2;4-6H,3H2,1-2H3. The molecule has 26 heavy (non-hydrogen) atoms. The molecular weight excluding hydrogens is 349 g/mol. The second kappa shape index (κ2) is 8.10. The summed E-state index contributed by atoms with van der Waals surface area (Å²) in [5.74, 6) is -0.324. The van der Waals surface area contributed by atoms with Crippen molar-refractivity contribution in [1.82, 2.24) is 14.3 Å². The van der Waals surface area contributed by atoms with Gasteiger partial charge in [-0.1, -0.05) is 25.1 Å². The topological polar surface area (TPSA) is 39.8 Å². The third kappa shape index (κ3) is 4.08. The Morgan fingerprint density at radius 1 is 1.15 bits per heavy atom. The highest BCUT2D eigenvalue weighted by Crippen LogP contribution is 2.25. The number of halogens is 1. The number of thiophene rings is 1. The quantitative estimate of drug-likeness (QED) is 0.542. The van der Waals surface area contributed by atoms with Crippen LogP contribution in [0.1, 0.15) is 17.4 Å². The number of benzene rings is 1. The third-order valence-corrected chi connectivity index (χ3v) is 5.27. The highest BCUT2D eigenvalue weighted by Gasteiger charge is 2.03. The molecule has 0 saturated carbocycles. The van der Waals surface area contributed by atoms with Crippen LogP contribution in [0.15, 0.2) is 65.7 Å². The SMILES string of the molecule is CCc1cc2c(ccn2C)s1.O=c1cccnn1Cc1ccccc1F. The van der Waals surface area contributed by atoms with Crippen molar-refractivity contribution in [1.29, 1.82) is 0 Å². The fourth-order valence-electron chi connectivity index (χ4n) is 2.57. The summed E-state index contributed by atoms with van der Waals surface area (Å²) in [7, 11) is 2.09. The van der Waals surface area contributed by atoms with E-state index in [-0.39, 0.29) is 17.9 Å². The van der Waals surface area contributed by atoms with Gasteiger partial charge in [0.25, 0.3) is 5.56 Å². The van der Waals surface area contributed by atoms with Crippen molar-refractivity contribution in [2.24, 2.45) is 7.05 Å². The number of fused-ring (bicyclic) bond motifs is 1. The Kier molecular flexibility index (Phi) is 5.63. The lowest BCUT2D eigenvalue weighted by Crippen LogP contribution is -2.22. The molecule has 6 heteroatoms. The molecule has 0 atom stereocenters. The van der Waals surface area contributed by atoms with Crippen molar-refractivity contribution in [3.05, 3.63) is 87.5 Å². The van der Waals surface area contributed by atoms with E-state index in [1.54, 1.807) is 24.3 Å². The fourth-order valence-corrected chi connectivity index (χ4v) is 3.60. The molecule has 3 heterocycles. The molecule has 134 valence electrons. The molecule has 1 aromatic carbocycles.